The summed E-state index contributed by atoms with van der Waals surface area (Å²) in [5.41, 5.74) is 9.66. The lowest BCUT2D eigenvalue weighted by Crippen LogP contribution is -2.45. The number of hydrazine groups is 1. The van der Waals surface area contributed by atoms with E-state index < -0.39 is 0 Å². The molecule has 0 radical (unpaired) electrons. The summed E-state index contributed by atoms with van der Waals surface area (Å²) in [6.45, 7) is 7.92. The highest BCUT2D eigenvalue weighted by Crippen LogP contribution is 2.36. The molecule has 34 heavy (non-hydrogen) atoms. The van der Waals surface area contributed by atoms with Crippen LogP contribution in [0.2, 0.25) is 5.02 Å². The third-order valence-corrected chi connectivity index (χ3v) is 6.53. The van der Waals surface area contributed by atoms with Gasteiger partial charge in [-0.1, -0.05) is 24.9 Å². The van der Waals surface area contributed by atoms with Crippen LogP contribution in [-0.4, -0.2) is 59.2 Å². The van der Waals surface area contributed by atoms with Crippen LogP contribution in [0.3, 0.4) is 0 Å². The van der Waals surface area contributed by atoms with Crippen molar-refractivity contribution >= 4 is 34.1 Å². The molecule has 9 nitrogen and oxygen atoms in total. The molecule has 3 aromatic rings. The van der Waals surface area contributed by atoms with Crippen LogP contribution in [0.15, 0.2) is 36.0 Å². The van der Waals surface area contributed by atoms with E-state index in [0.717, 1.165) is 61.4 Å². The van der Waals surface area contributed by atoms with E-state index in [9.17, 15) is 0 Å². The number of piperazine rings is 1. The molecule has 1 saturated heterocycles. The molecule has 4 N–H and O–H groups in total. The highest BCUT2D eigenvalue weighted by atomic mass is 35.5. The van der Waals surface area contributed by atoms with E-state index in [1.54, 1.807) is 0 Å². The van der Waals surface area contributed by atoms with E-state index in [0.29, 0.717) is 16.6 Å². The summed E-state index contributed by atoms with van der Waals surface area (Å²) in [5, 5.41) is 4.89. The van der Waals surface area contributed by atoms with Crippen LogP contribution < -0.4 is 25.8 Å². The largest absolute Gasteiger partial charge is 0.423 e. The molecule has 10 heteroatoms. The number of aryl methyl sites for hydroxylation is 1. The number of nitrogens with zero attached hydrogens (tertiary/aromatic N) is 4. The second-order valence-corrected chi connectivity index (χ2v) is 9.29. The number of benzene rings is 1. The molecule has 0 spiro atoms. The van der Waals surface area contributed by atoms with E-state index in [1.165, 1.54) is 5.70 Å². The fourth-order valence-corrected chi connectivity index (χ4v) is 4.56. The smallest absolute Gasteiger partial charge is 0.325 e. The van der Waals surface area contributed by atoms with Gasteiger partial charge in [0.2, 0.25) is 0 Å². The number of likely N-dealkylation sites (N-methyl/N-ethyl adjacent to an activating group) is 1. The number of halogens is 1. The lowest BCUT2D eigenvalue weighted by atomic mass is 10.2. The van der Waals surface area contributed by atoms with Crippen molar-refractivity contribution in [3.8, 4) is 11.8 Å². The Labute approximate surface area is 204 Å². The van der Waals surface area contributed by atoms with Crippen LogP contribution >= 0.6 is 11.6 Å². The first-order valence-electron chi connectivity index (χ1n) is 11.8. The lowest BCUT2D eigenvalue weighted by Gasteiger charge is -2.33. The summed E-state index contributed by atoms with van der Waals surface area (Å²) in [7, 11) is 2.14. The van der Waals surface area contributed by atoms with Gasteiger partial charge in [0.15, 0.2) is 0 Å². The Morgan fingerprint density at radius 3 is 2.79 bits per heavy atom. The Morgan fingerprint density at radius 2 is 2.00 bits per heavy atom. The zero-order chi connectivity index (χ0) is 23.7. The van der Waals surface area contributed by atoms with Gasteiger partial charge in [-0.3, -0.25) is 0 Å². The molecule has 1 atom stereocenters. The van der Waals surface area contributed by atoms with Crippen molar-refractivity contribution < 1.29 is 4.74 Å². The molecule has 2 aromatic heterocycles. The van der Waals surface area contributed by atoms with Gasteiger partial charge in [-0.25, -0.2) is 5.43 Å². The second-order valence-electron chi connectivity index (χ2n) is 8.91. The maximum Gasteiger partial charge on any atom is 0.325 e. The molecule has 2 aliphatic rings. The Bertz CT molecular complexity index is 1200. The number of anilines is 2. The third-order valence-electron chi connectivity index (χ3n) is 6.14. The molecule has 1 unspecified atom stereocenters. The number of allylic oxidation sites excluding steroid dienone is 1. The Balaban J connectivity index is 1.44. The summed E-state index contributed by atoms with van der Waals surface area (Å²) < 4.78 is 6.15. The van der Waals surface area contributed by atoms with Gasteiger partial charge in [0.1, 0.15) is 23.6 Å². The van der Waals surface area contributed by atoms with Crippen LogP contribution in [0.25, 0.3) is 10.9 Å². The molecule has 4 heterocycles. The molecular weight excluding hydrogens is 452 g/mol. The van der Waals surface area contributed by atoms with Gasteiger partial charge in [0, 0.05) is 54.5 Å². The van der Waals surface area contributed by atoms with Gasteiger partial charge in [0.25, 0.3) is 0 Å². The normalized spacial score (nSPS) is 18.8. The average molecular weight is 483 g/mol. The highest BCUT2D eigenvalue weighted by molar-refractivity contribution is 6.37. The van der Waals surface area contributed by atoms with Crippen molar-refractivity contribution in [3.05, 3.63) is 46.8 Å². The van der Waals surface area contributed by atoms with Gasteiger partial charge < -0.3 is 30.3 Å². The maximum atomic E-state index is 6.67. The summed E-state index contributed by atoms with van der Waals surface area (Å²) in [4.78, 5) is 17.3. The van der Waals surface area contributed by atoms with E-state index in [4.69, 9.17) is 21.3 Å². The number of ether oxygens (including phenoxy) is 1. The first-order valence-corrected chi connectivity index (χ1v) is 12.1. The number of fused-ring (bicyclic) bond motifs is 1. The molecular formula is C24H31ClN8O. The van der Waals surface area contributed by atoms with Crippen LogP contribution in [-0.2, 0) is 0 Å². The van der Waals surface area contributed by atoms with E-state index >= 15 is 0 Å². The minimum atomic E-state index is -0.0765. The number of rotatable bonds is 7. The molecule has 1 aromatic carbocycles. The van der Waals surface area contributed by atoms with Crippen LogP contribution in [0, 0.1) is 6.92 Å². The minimum absolute atomic E-state index is 0.0765. The fourth-order valence-electron chi connectivity index (χ4n) is 4.30. The highest BCUT2D eigenvalue weighted by Gasteiger charge is 2.21. The number of aromatic nitrogens is 3. The van der Waals surface area contributed by atoms with Crippen LogP contribution in [0.5, 0.6) is 11.8 Å². The van der Waals surface area contributed by atoms with Crippen molar-refractivity contribution in [1.82, 2.24) is 30.7 Å². The molecule has 0 aliphatic carbocycles. The first kappa shape index (κ1) is 22.8. The summed E-state index contributed by atoms with van der Waals surface area (Å²) >= 11 is 6.67. The predicted molar refractivity (Wildman–Crippen MR) is 137 cm³/mol. The number of H-pyrrole nitrogens is 1. The zero-order valence-corrected chi connectivity index (χ0v) is 20.5. The van der Waals surface area contributed by atoms with E-state index in [-0.39, 0.29) is 12.2 Å². The molecule has 180 valence electrons. The second kappa shape index (κ2) is 9.69. The summed E-state index contributed by atoms with van der Waals surface area (Å²) in [6, 6.07) is 8.06. The monoisotopic (exact) mass is 482 g/mol. The van der Waals surface area contributed by atoms with Gasteiger partial charge in [-0.2, -0.15) is 9.97 Å². The molecule has 2 aliphatic heterocycles. The maximum absolute atomic E-state index is 6.67. The zero-order valence-electron chi connectivity index (χ0n) is 19.8. The van der Waals surface area contributed by atoms with Crippen molar-refractivity contribution in [1.29, 1.82) is 0 Å². The van der Waals surface area contributed by atoms with Gasteiger partial charge in [-0.15, -0.1) is 0 Å². The van der Waals surface area contributed by atoms with Crippen molar-refractivity contribution in [3.63, 3.8) is 0 Å². The number of hydrogen-bond acceptors (Lipinski definition) is 8. The quantitative estimate of drug-likeness (QED) is 0.401. The fraction of sp³-hybridized carbons (Fsp3) is 0.417. The van der Waals surface area contributed by atoms with Crippen LogP contribution in [0.1, 0.15) is 25.5 Å². The van der Waals surface area contributed by atoms with Crippen molar-refractivity contribution in [2.45, 2.75) is 32.9 Å². The average Bonchev–Trinajstić information content (AvgIpc) is 3.42. The van der Waals surface area contributed by atoms with E-state index in [1.807, 2.05) is 31.2 Å². The number of nitrogens with one attached hydrogen (secondary N) is 4. The lowest BCUT2D eigenvalue weighted by molar-refractivity contribution is 0.311. The minimum Gasteiger partial charge on any atom is -0.423 e. The number of hydrogen-bond donors (Lipinski definition) is 4. The topological polar surface area (TPSA) is 93.4 Å². The summed E-state index contributed by atoms with van der Waals surface area (Å²) in [5.74, 6) is 2.04. The molecule has 5 rings (SSSR count). The first-order chi connectivity index (χ1) is 16.5. The third kappa shape index (κ3) is 4.91. The standard InChI is InChI=1S/C24H31ClN8O/c1-4-5-16-13-21(31-30-16)27-20-14-22(33-10-8-32(3)9-11-33)29-24(28-20)34-19-7-6-18-17(23(19)25)12-15(2)26-18/h6-7,12-14,21,26,30-31H,4-5,8-11H2,1-3H3,(H,27,28,29). The van der Waals surface area contributed by atoms with Crippen LogP contribution in [0.4, 0.5) is 11.6 Å². The predicted octanol–water partition coefficient (Wildman–Crippen LogP) is 3.99. The summed E-state index contributed by atoms with van der Waals surface area (Å²) in [6.07, 6.45) is 4.14. The molecule has 0 amide bonds. The van der Waals surface area contributed by atoms with Gasteiger partial charge in [0.05, 0.1) is 5.02 Å². The molecule has 1 fully saturated rings. The van der Waals surface area contributed by atoms with Gasteiger partial charge in [-0.05, 0) is 44.7 Å². The Kier molecular flexibility index (Phi) is 6.49. The number of aromatic amines is 1. The van der Waals surface area contributed by atoms with E-state index in [2.05, 4.69) is 56.0 Å². The SMILES string of the molecule is CCCC1=CC(Nc2cc(N3CCN(C)CC3)nc(Oc3ccc4[nH]c(C)cc4c3Cl)n2)NN1. The Morgan fingerprint density at radius 1 is 1.18 bits per heavy atom. The van der Waals surface area contributed by atoms with Crippen molar-refractivity contribution in [2.24, 2.45) is 0 Å². The molecule has 0 saturated carbocycles. The Hall–Kier alpha value is -3.01. The molecule has 0 bridgehead atoms. The van der Waals surface area contributed by atoms with Crippen molar-refractivity contribution in [2.75, 3.05) is 43.4 Å². The van der Waals surface area contributed by atoms with Gasteiger partial charge >= 0.3 is 6.01 Å².